The Kier molecular flexibility index (Phi) is 4.50. The van der Waals surface area contributed by atoms with Crippen LogP contribution in [0.4, 0.5) is 0 Å². The average Bonchev–Trinajstić information content (AvgIpc) is 3.35. The maximum atomic E-state index is 13.5. The summed E-state index contributed by atoms with van der Waals surface area (Å²) in [6, 6.07) is 15.6. The van der Waals surface area contributed by atoms with Gasteiger partial charge in [-0.05, 0) is 38.5 Å². The van der Waals surface area contributed by atoms with Crippen LogP contribution in [-0.2, 0) is 17.9 Å². The number of carbonyl (C=O) groups excluding carboxylic acids is 2. The van der Waals surface area contributed by atoms with Crippen LogP contribution in [0.15, 0.2) is 53.1 Å². The number of amides is 1. The van der Waals surface area contributed by atoms with Crippen LogP contribution < -0.4 is 0 Å². The topological polar surface area (TPSA) is 68.3 Å². The molecule has 31 heavy (non-hydrogen) atoms. The third kappa shape index (κ3) is 2.82. The molecule has 4 aromatic rings. The summed E-state index contributed by atoms with van der Waals surface area (Å²) in [5, 5.41) is 5.13. The third-order valence-corrected chi connectivity index (χ3v) is 6.38. The van der Waals surface area contributed by atoms with Gasteiger partial charge in [-0.15, -0.1) is 0 Å². The van der Waals surface area contributed by atoms with E-state index in [4.69, 9.17) is 4.52 Å². The van der Waals surface area contributed by atoms with Gasteiger partial charge in [-0.3, -0.25) is 4.79 Å². The maximum absolute atomic E-state index is 13.5. The minimum atomic E-state index is -0.254. The molecular formula is C25H23N3O3. The largest absolute Gasteiger partial charge is 0.361 e. The summed E-state index contributed by atoms with van der Waals surface area (Å²) in [6.07, 6.45) is 0.915. The van der Waals surface area contributed by atoms with Gasteiger partial charge in [0.05, 0.1) is 24.8 Å². The summed E-state index contributed by atoms with van der Waals surface area (Å²) in [4.78, 5) is 26.8. The highest BCUT2D eigenvalue weighted by atomic mass is 16.5. The first kappa shape index (κ1) is 19.3. The van der Waals surface area contributed by atoms with Gasteiger partial charge in [0, 0.05) is 33.3 Å². The Hall–Kier alpha value is -3.67. The fourth-order valence-electron chi connectivity index (χ4n) is 4.86. The SMILES string of the molecule is Cc1noc(C)c1CN1C(=O)c2ccccc2C1c1c(C)n(CC=O)c2ccccc12. The zero-order chi connectivity index (χ0) is 21.7. The molecule has 1 aliphatic rings. The summed E-state index contributed by atoms with van der Waals surface area (Å²) in [5.41, 5.74) is 6.47. The molecule has 0 bridgehead atoms. The Labute approximate surface area is 180 Å². The minimum Gasteiger partial charge on any atom is -0.361 e. The molecular weight excluding hydrogens is 390 g/mol. The molecule has 2 aromatic carbocycles. The minimum absolute atomic E-state index is 0.00721. The van der Waals surface area contributed by atoms with Gasteiger partial charge in [-0.1, -0.05) is 41.6 Å². The smallest absolute Gasteiger partial charge is 0.255 e. The number of hydrogen-bond donors (Lipinski definition) is 0. The van der Waals surface area contributed by atoms with Crippen molar-refractivity contribution in [2.75, 3.05) is 0 Å². The molecule has 1 amide bonds. The molecule has 156 valence electrons. The summed E-state index contributed by atoms with van der Waals surface area (Å²) < 4.78 is 7.38. The van der Waals surface area contributed by atoms with Gasteiger partial charge in [0.15, 0.2) is 0 Å². The van der Waals surface area contributed by atoms with E-state index in [9.17, 15) is 9.59 Å². The second-order valence-electron chi connectivity index (χ2n) is 8.02. The van der Waals surface area contributed by atoms with E-state index in [0.717, 1.165) is 51.0 Å². The summed E-state index contributed by atoms with van der Waals surface area (Å²) in [6.45, 7) is 6.48. The second-order valence-corrected chi connectivity index (χ2v) is 8.02. The van der Waals surface area contributed by atoms with E-state index in [1.165, 1.54) is 0 Å². The molecule has 5 rings (SSSR count). The summed E-state index contributed by atoms with van der Waals surface area (Å²) >= 11 is 0. The van der Waals surface area contributed by atoms with E-state index in [1.54, 1.807) is 0 Å². The van der Waals surface area contributed by atoms with Crippen molar-refractivity contribution < 1.29 is 14.1 Å². The van der Waals surface area contributed by atoms with Gasteiger partial charge in [0.25, 0.3) is 5.91 Å². The Balaban J connectivity index is 1.75. The van der Waals surface area contributed by atoms with Crippen LogP contribution in [-0.4, -0.2) is 26.8 Å². The van der Waals surface area contributed by atoms with Gasteiger partial charge >= 0.3 is 0 Å². The number of para-hydroxylation sites is 1. The molecule has 1 atom stereocenters. The van der Waals surface area contributed by atoms with Crippen LogP contribution in [0, 0.1) is 20.8 Å². The number of hydrogen-bond acceptors (Lipinski definition) is 4. The van der Waals surface area contributed by atoms with E-state index >= 15 is 0 Å². The molecule has 0 spiro atoms. The van der Waals surface area contributed by atoms with Gasteiger partial charge in [0.1, 0.15) is 12.0 Å². The first-order valence-electron chi connectivity index (χ1n) is 10.4. The van der Waals surface area contributed by atoms with E-state index in [1.807, 2.05) is 72.7 Å². The van der Waals surface area contributed by atoms with Crippen molar-refractivity contribution in [3.8, 4) is 0 Å². The lowest BCUT2D eigenvalue weighted by Crippen LogP contribution is -2.29. The molecule has 0 saturated carbocycles. The fraction of sp³-hybridized carbons (Fsp3) is 0.240. The number of aldehydes is 1. The lowest BCUT2D eigenvalue weighted by atomic mass is 9.95. The van der Waals surface area contributed by atoms with Crippen molar-refractivity contribution in [3.05, 3.63) is 87.9 Å². The average molecular weight is 413 g/mol. The second kappa shape index (κ2) is 7.23. The van der Waals surface area contributed by atoms with Crippen molar-refractivity contribution in [1.82, 2.24) is 14.6 Å². The summed E-state index contributed by atoms with van der Waals surface area (Å²) in [5.74, 6) is 0.715. The van der Waals surface area contributed by atoms with Crippen LogP contribution in [0.5, 0.6) is 0 Å². The number of aryl methyl sites for hydroxylation is 2. The van der Waals surface area contributed by atoms with E-state index in [2.05, 4.69) is 11.2 Å². The number of fused-ring (bicyclic) bond motifs is 2. The molecule has 6 heteroatoms. The van der Waals surface area contributed by atoms with E-state index in [0.29, 0.717) is 12.1 Å². The van der Waals surface area contributed by atoms with Crippen LogP contribution in [0.1, 0.15) is 50.2 Å². The molecule has 3 heterocycles. The van der Waals surface area contributed by atoms with Gasteiger partial charge in [0.2, 0.25) is 0 Å². The number of carbonyl (C=O) groups is 2. The van der Waals surface area contributed by atoms with E-state index < -0.39 is 0 Å². The molecule has 0 fully saturated rings. The number of nitrogens with zero attached hydrogens (tertiary/aromatic N) is 3. The first-order chi connectivity index (χ1) is 15.0. The van der Waals surface area contributed by atoms with Crippen molar-refractivity contribution in [1.29, 1.82) is 0 Å². The van der Waals surface area contributed by atoms with Crippen molar-refractivity contribution in [2.24, 2.45) is 0 Å². The van der Waals surface area contributed by atoms with Crippen LogP contribution in [0.25, 0.3) is 10.9 Å². The number of rotatable bonds is 5. The molecule has 0 radical (unpaired) electrons. The fourth-order valence-corrected chi connectivity index (χ4v) is 4.86. The van der Waals surface area contributed by atoms with Gasteiger partial charge in [-0.2, -0.15) is 0 Å². The lowest BCUT2D eigenvalue weighted by Gasteiger charge is -2.26. The normalized spacial score (nSPS) is 15.6. The highest BCUT2D eigenvalue weighted by molar-refractivity contribution is 6.01. The van der Waals surface area contributed by atoms with Crippen LogP contribution >= 0.6 is 0 Å². The molecule has 1 unspecified atom stereocenters. The highest BCUT2D eigenvalue weighted by Crippen LogP contribution is 2.44. The van der Waals surface area contributed by atoms with Crippen molar-refractivity contribution in [3.63, 3.8) is 0 Å². The molecule has 2 aromatic heterocycles. The molecule has 6 nitrogen and oxygen atoms in total. The van der Waals surface area contributed by atoms with Crippen LogP contribution in [0.3, 0.4) is 0 Å². The zero-order valence-electron chi connectivity index (χ0n) is 17.8. The number of benzene rings is 2. The quantitative estimate of drug-likeness (QED) is 0.452. The standard InChI is InChI=1S/C25H23N3O3/c1-15-21(17(3)31-26-15)14-28-24(18-8-4-5-9-19(18)25(28)30)23-16(2)27(12-13-29)22-11-7-6-10-20(22)23/h4-11,13,24H,12,14H2,1-3H3. The van der Waals surface area contributed by atoms with Crippen molar-refractivity contribution in [2.45, 2.75) is 39.9 Å². The third-order valence-electron chi connectivity index (χ3n) is 6.38. The maximum Gasteiger partial charge on any atom is 0.255 e. The predicted octanol–water partition coefficient (Wildman–Crippen LogP) is 4.50. The molecule has 0 aliphatic carbocycles. The van der Waals surface area contributed by atoms with E-state index in [-0.39, 0.29) is 18.5 Å². The highest BCUT2D eigenvalue weighted by Gasteiger charge is 2.40. The predicted molar refractivity (Wildman–Crippen MR) is 117 cm³/mol. The monoisotopic (exact) mass is 413 g/mol. The molecule has 1 aliphatic heterocycles. The Morgan fingerprint density at radius 1 is 1.06 bits per heavy atom. The van der Waals surface area contributed by atoms with Gasteiger partial charge in [-0.25, -0.2) is 0 Å². The lowest BCUT2D eigenvalue weighted by molar-refractivity contribution is -0.108. The van der Waals surface area contributed by atoms with Crippen molar-refractivity contribution >= 4 is 23.1 Å². The zero-order valence-corrected chi connectivity index (χ0v) is 17.8. The first-order valence-corrected chi connectivity index (χ1v) is 10.4. The van der Waals surface area contributed by atoms with Gasteiger partial charge < -0.3 is 18.8 Å². The Morgan fingerprint density at radius 3 is 2.55 bits per heavy atom. The Bertz CT molecular complexity index is 1310. The number of aromatic nitrogens is 2. The van der Waals surface area contributed by atoms with Crippen LogP contribution in [0.2, 0.25) is 0 Å². The molecule has 0 saturated heterocycles. The Morgan fingerprint density at radius 2 is 1.81 bits per heavy atom. The summed E-state index contributed by atoms with van der Waals surface area (Å²) in [7, 11) is 0. The molecule has 0 N–H and O–H groups in total.